The van der Waals surface area contributed by atoms with Gasteiger partial charge in [-0.15, -0.1) is 24.0 Å². The van der Waals surface area contributed by atoms with Gasteiger partial charge in [-0.2, -0.15) is 0 Å². The fraction of sp³-hybridized carbons (Fsp3) is 0.231. The van der Waals surface area contributed by atoms with Gasteiger partial charge in [0.15, 0.2) is 0 Å². The van der Waals surface area contributed by atoms with Crippen LogP contribution in [0, 0.1) is 13.8 Å². The van der Waals surface area contributed by atoms with E-state index in [1.54, 1.807) is 23.6 Å². The molecule has 0 unspecified atom stereocenters. The first-order valence-corrected chi connectivity index (χ1v) is 6.82. The van der Waals surface area contributed by atoms with Crippen LogP contribution in [0.25, 0.3) is 0 Å². The minimum atomic E-state index is -0.0746. The summed E-state index contributed by atoms with van der Waals surface area (Å²) in [6.45, 7) is 4.38. The second kappa shape index (κ2) is 5.54. The first-order chi connectivity index (χ1) is 8.56. The number of benzene rings is 1. The molecule has 0 bridgehead atoms. The zero-order valence-electron chi connectivity index (χ0n) is 10.2. The Morgan fingerprint density at radius 1 is 1.44 bits per heavy atom. The third kappa shape index (κ3) is 3.11. The molecule has 0 radical (unpaired) electrons. The number of carbonyl (C=O) groups is 1. The van der Waals surface area contributed by atoms with Crippen LogP contribution in [0.4, 0.5) is 0 Å². The molecule has 0 atom stereocenters. The van der Waals surface area contributed by atoms with Gasteiger partial charge in [0.25, 0.3) is 5.91 Å². The molecule has 0 saturated carbocycles. The Bertz CT molecular complexity index is 578. The van der Waals surface area contributed by atoms with Gasteiger partial charge in [-0.3, -0.25) is 4.79 Å². The molecular formula is C13H14N2OS2. The number of aryl methyl sites for hydroxylation is 2. The Balaban J connectivity index is 2.05. The van der Waals surface area contributed by atoms with Crippen molar-refractivity contribution in [3.63, 3.8) is 0 Å². The van der Waals surface area contributed by atoms with Crippen molar-refractivity contribution in [2.45, 2.75) is 25.3 Å². The molecule has 1 heterocycles. The monoisotopic (exact) mass is 278 g/mol. The predicted octanol–water partition coefficient (Wildman–Crippen LogP) is 2.98. The van der Waals surface area contributed by atoms with Crippen LogP contribution >= 0.6 is 24.0 Å². The summed E-state index contributed by atoms with van der Waals surface area (Å²) in [6, 6.07) is 5.56. The summed E-state index contributed by atoms with van der Waals surface area (Å²) in [5, 5.41) is 3.90. The molecule has 2 aromatic rings. The minimum Gasteiger partial charge on any atom is -0.347 e. The maximum Gasteiger partial charge on any atom is 0.251 e. The number of hydrogen-bond donors (Lipinski definition) is 2. The van der Waals surface area contributed by atoms with Crippen molar-refractivity contribution in [1.29, 1.82) is 0 Å². The zero-order chi connectivity index (χ0) is 13.1. The summed E-state index contributed by atoms with van der Waals surface area (Å²) in [6.07, 6.45) is 1.79. The van der Waals surface area contributed by atoms with Crippen LogP contribution in [0.5, 0.6) is 0 Å². The molecule has 1 aromatic heterocycles. The van der Waals surface area contributed by atoms with E-state index in [-0.39, 0.29) is 5.91 Å². The number of amides is 1. The summed E-state index contributed by atoms with van der Waals surface area (Å²) >= 11 is 5.84. The molecular weight excluding hydrogens is 264 g/mol. The third-order valence-corrected chi connectivity index (χ3v) is 3.75. The van der Waals surface area contributed by atoms with Crippen LogP contribution < -0.4 is 5.32 Å². The van der Waals surface area contributed by atoms with Gasteiger partial charge in [-0.1, -0.05) is 6.07 Å². The highest BCUT2D eigenvalue weighted by Gasteiger charge is 2.09. The molecule has 1 aromatic carbocycles. The highest BCUT2D eigenvalue weighted by atomic mass is 32.1. The second-order valence-corrected chi connectivity index (χ2v) is 5.86. The molecule has 0 spiro atoms. The number of rotatable bonds is 3. The number of carbonyl (C=O) groups excluding carboxylic acids is 1. The summed E-state index contributed by atoms with van der Waals surface area (Å²) in [4.78, 5) is 18.0. The summed E-state index contributed by atoms with van der Waals surface area (Å²) < 4.78 is 0. The van der Waals surface area contributed by atoms with Crippen molar-refractivity contribution in [2.24, 2.45) is 0 Å². The maximum absolute atomic E-state index is 12.0. The number of aromatic nitrogens is 1. The maximum atomic E-state index is 12.0. The van der Waals surface area contributed by atoms with Crippen molar-refractivity contribution < 1.29 is 4.79 Å². The molecule has 94 valence electrons. The SMILES string of the molecule is Cc1ncc(CNC(=O)c2cc(S)ccc2C)s1. The number of hydrogen-bond acceptors (Lipinski definition) is 4. The van der Waals surface area contributed by atoms with E-state index in [4.69, 9.17) is 0 Å². The van der Waals surface area contributed by atoms with Gasteiger partial charge < -0.3 is 5.32 Å². The molecule has 18 heavy (non-hydrogen) atoms. The van der Waals surface area contributed by atoms with Gasteiger partial charge in [0.2, 0.25) is 0 Å². The number of nitrogens with zero attached hydrogens (tertiary/aromatic N) is 1. The number of thiol groups is 1. The van der Waals surface area contributed by atoms with Crippen molar-refractivity contribution in [3.8, 4) is 0 Å². The summed E-state index contributed by atoms with van der Waals surface area (Å²) in [5.74, 6) is -0.0746. The molecule has 1 N–H and O–H groups in total. The molecule has 5 heteroatoms. The van der Waals surface area contributed by atoms with Gasteiger partial charge in [0.05, 0.1) is 11.6 Å². The molecule has 0 aliphatic carbocycles. The van der Waals surface area contributed by atoms with E-state index >= 15 is 0 Å². The summed E-state index contributed by atoms with van der Waals surface area (Å²) in [5.41, 5.74) is 1.62. The molecule has 0 saturated heterocycles. The number of thiazole rings is 1. The molecule has 0 fully saturated rings. The van der Waals surface area contributed by atoms with Crippen LogP contribution in [-0.2, 0) is 6.54 Å². The van der Waals surface area contributed by atoms with Gasteiger partial charge in [0.1, 0.15) is 0 Å². The zero-order valence-corrected chi connectivity index (χ0v) is 11.9. The Morgan fingerprint density at radius 2 is 2.22 bits per heavy atom. The lowest BCUT2D eigenvalue weighted by Crippen LogP contribution is -2.23. The van der Waals surface area contributed by atoms with Crippen LogP contribution in [0.3, 0.4) is 0 Å². The Hall–Kier alpha value is -1.33. The minimum absolute atomic E-state index is 0.0746. The van der Waals surface area contributed by atoms with E-state index in [1.807, 2.05) is 26.0 Å². The molecule has 2 rings (SSSR count). The highest BCUT2D eigenvalue weighted by molar-refractivity contribution is 7.80. The van der Waals surface area contributed by atoms with E-state index in [1.165, 1.54) is 0 Å². The summed E-state index contributed by atoms with van der Waals surface area (Å²) in [7, 11) is 0. The first kappa shape index (κ1) is 13.1. The van der Waals surface area contributed by atoms with Crippen LogP contribution in [-0.4, -0.2) is 10.9 Å². The third-order valence-electron chi connectivity index (χ3n) is 2.56. The largest absolute Gasteiger partial charge is 0.347 e. The second-order valence-electron chi connectivity index (χ2n) is 4.03. The molecule has 3 nitrogen and oxygen atoms in total. The topological polar surface area (TPSA) is 42.0 Å². The lowest BCUT2D eigenvalue weighted by atomic mass is 10.1. The predicted molar refractivity (Wildman–Crippen MR) is 76.5 cm³/mol. The quantitative estimate of drug-likeness (QED) is 0.848. The fourth-order valence-electron chi connectivity index (χ4n) is 1.60. The molecule has 0 aliphatic rings. The van der Waals surface area contributed by atoms with E-state index in [9.17, 15) is 4.79 Å². The van der Waals surface area contributed by atoms with Crippen LogP contribution in [0.2, 0.25) is 0 Å². The fourth-order valence-corrected chi connectivity index (χ4v) is 2.54. The van der Waals surface area contributed by atoms with Crippen molar-refractivity contribution in [2.75, 3.05) is 0 Å². The Labute approximate surface area is 116 Å². The van der Waals surface area contributed by atoms with Crippen LogP contribution in [0.1, 0.15) is 25.8 Å². The van der Waals surface area contributed by atoms with E-state index in [0.717, 1.165) is 20.3 Å². The van der Waals surface area contributed by atoms with Crippen molar-refractivity contribution >= 4 is 29.9 Å². The highest BCUT2D eigenvalue weighted by Crippen LogP contribution is 2.15. The Kier molecular flexibility index (Phi) is 4.04. The van der Waals surface area contributed by atoms with Gasteiger partial charge >= 0.3 is 0 Å². The standard InChI is InChI=1S/C13H14N2OS2/c1-8-3-4-10(17)5-12(8)13(16)15-7-11-6-14-9(2)18-11/h3-6,17H,7H2,1-2H3,(H,15,16). The first-order valence-electron chi connectivity index (χ1n) is 5.55. The number of nitrogens with one attached hydrogen (secondary N) is 1. The normalized spacial score (nSPS) is 10.4. The Morgan fingerprint density at radius 3 is 2.89 bits per heavy atom. The average molecular weight is 278 g/mol. The van der Waals surface area contributed by atoms with E-state index in [0.29, 0.717) is 12.1 Å². The lowest BCUT2D eigenvalue weighted by molar-refractivity contribution is 0.0950. The van der Waals surface area contributed by atoms with Gasteiger partial charge in [-0.05, 0) is 31.5 Å². The lowest BCUT2D eigenvalue weighted by Gasteiger charge is -2.07. The molecule has 1 amide bonds. The van der Waals surface area contributed by atoms with Crippen molar-refractivity contribution in [3.05, 3.63) is 45.4 Å². The van der Waals surface area contributed by atoms with Crippen molar-refractivity contribution in [1.82, 2.24) is 10.3 Å². The molecule has 0 aliphatic heterocycles. The van der Waals surface area contributed by atoms with E-state index in [2.05, 4.69) is 22.9 Å². The smallest absolute Gasteiger partial charge is 0.251 e. The van der Waals surface area contributed by atoms with Gasteiger partial charge in [0, 0.05) is 21.5 Å². The average Bonchev–Trinajstić information content (AvgIpc) is 2.75. The van der Waals surface area contributed by atoms with E-state index < -0.39 is 0 Å². The van der Waals surface area contributed by atoms with Gasteiger partial charge in [-0.25, -0.2) is 4.98 Å². The van der Waals surface area contributed by atoms with Crippen LogP contribution in [0.15, 0.2) is 29.3 Å².